The van der Waals surface area contributed by atoms with Crippen LogP contribution in [0.4, 0.5) is 5.69 Å². The molecule has 0 aliphatic rings. The summed E-state index contributed by atoms with van der Waals surface area (Å²) in [5.74, 6) is 0. The Morgan fingerprint density at radius 3 is 2.48 bits per heavy atom. The van der Waals surface area contributed by atoms with Gasteiger partial charge in [-0.3, -0.25) is 10.1 Å². The molecule has 0 aliphatic carbocycles. The normalized spacial score (nSPS) is 11.9. The molecule has 21 heavy (non-hydrogen) atoms. The van der Waals surface area contributed by atoms with Gasteiger partial charge in [0.1, 0.15) is 5.02 Å². The number of sulfonamides is 1. The van der Waals surface area contributed by atoms with Gasteiger partial charge < -0.3 is 5.11 Å². The molecule has 0 saturated heterocycles. The molecule has 0 aliphatic heterocycles. The van der Waals surface area contributed by atoms with Crippen molar-refractivity contribution in [3.8, 4) is 0 Å². The number of nitrogens with zero attached hydrogens (tertiary/aromatic N) is 2. The van der Waals surface area contributed by atoms with Crippen LogP contribution in [0.5, 0.6) is 0 Å². The highest BCUT2D eigenvalue weighted by Gasteiger charge is 2.28. The second-order valence-electron chi connectivity index (χ2n) is 4.45. The molecule has 0 atom stereocenters. The van der Waals surface area contributed by atoms with Crippen molar-refractivity contribution in [1.29, 1.82) is 0 Å². The molecular formula is C12H17ClN2O5S. The lowest BCUT2D eigenvalue weighted by atomic mass is 10.2. The Morgan fingerprint density at radius 2 is 2.00 bits per heavy atom. The van der Waals surface area contributed by atoms with E-state index in [1.54, 1.807) is 6.92 Å². The Balaban J connectivity index is 3.42. The minimum atomic E-state index is -3.92. The number of halogens is 1. The van der Waals surface area contributed by atoms with E-state index in [-0.39, 0.29) is 29.6 Å². The number of benzene rings is 1. The minimum Gasteiger partial charge on any atom is -0.395 e. The van der Waals surface area contributed by atoms with Crippen molar-refractivity contribution in [2.75, 3.05) is 19.7 Å². The molecule has 0 unspecified atom stereocenters. The van der Waals surface area contributed by atoms with Gasteiger partial charge in [0.25, 0.3) is 5.69 Å². The Labute approximate surface area is 128 Å². The van der Waals surface area contributed by atoms with Crippen LogP contribution in [0.25, 0.3) is 0 Å². The third kappa shape index (κ3) is 3.91. The highest BCUT2D eigenvalue weighted by molar-refractivity contribution is 7.89. The lowest BCUT2D eigenvalue weighted by Crippen LogP contribution is -2.34. The number of hydrogen-bond acceptors (Lipinski definition) is 5. The molecule has 1 rings (SSSR count). The molecule has 1 aromatic carbocycles. The Hall–Kier alpha value is -1.22. The Morgan fingerprint density at radius 1 is 1.38 bits per heavy atom. The molecule has 0 saturated carbocycles. The van der Waals surface area contributed by atoms with Crippen molar-refractivity contribution < 1.29 is 18.4 Å². The number of aryl methyl sites for hydroxylation is 1. The zero-order chi connectivity index (χ0) is 16.2. The van der Waals surface area contributed by atoms with E-state index in [1.165, 1.54) is 13.0 Å². The average Bonchev–Trinajstić information content (AvgIpc) is 2.37. The fourth-order valence-corrected chi connectivity index (χ4v) is 3.95. The maximum Gasteiger partial charge on any atom is 0.289 e. The van der Waals surface area contributed by atoms with E-state index in [4.69, 9.17) is 16.7 Å². The number of aliphatic hydroxyl groups is 1. The van der Waals surface area contributed by atoms with Gasteiger partial charge in [-0.2, -0.15) is 4.31 Å². The highest BCUT2D eigenvalue weighted by atomic mass is 35.5. The molecule has 0 bridgehead atoms. The largest absolute Gasteiger partial charge is 0.395 e. The van der Waals surface area contributed by atoms with E-state index < -0.39 is 20.6 Å². The Bertz CT molecular complexity index is 627. The van der Waals surface area contributed by atoms with Crippen LogP contribution in [0.15, 0.2) is 17.0 Å². The molecular weight excluding hydrogens is 320 g/mol. The van der Waals surface area contributed by atoms with Gasteiger partial charge in [0.15, 0.2) is 0 Å². The van der Waals surface area contributed by atoms with E-state index >= 15 is 0 Å². The summed E-state index contributed by atoms with van der Waals surface area (Å²) in [6.45, 7) is 3.15. The van der Waals surface area contributed by atoms with E-state index in [0.717, 1.165) is 10.4 Å². The molecule has 0 aromatic heterocycles. The minimum absolute atomic E-state index is 0.0635. The fraction of sp³-hybridized carbons (Fsp3) is 0.500. The molecule has 118 valence electrons. The predicted octanol–water partition coefficient (Wildman–Crippen LogP) is 1.95. The summed E-state index contributed by atoms with van der Waals surface area (Å²) in [6.07, 6.45) is 0.563. The predicted molar refractivity (Wildman–Crippen MR) is 79.0 cm³/mol. The van der Waals surface area contributed by atoms with E-state index in [0.29, 0.717) is 12.0 Å². The summed E-state index contributed by atoms with van der Waals surface area (Å²) < 4.78 is 26.2. The zero-order valence-electron chi connectivity index (χ0n) is 11.7. The van der Waals surface area contributed by atoms with Gasteiger partial charge in [-0.1, -0.05) is 18.5 Å². The van der Waals surface area contributed by atoms with Crippen molar-refractivity contribution in [1.82, 2.24) is 4.31 Å². The molecule has 7 nitrogen and oxygen atoms in total. The van der Waals surface area contributed by atoms with Gasteiger partial charge >= 0.3 is 0 Å². The first-order valence-corrected chi connectivity index (χ1v) is 8.13. The van der Waals surface area contributed by atoms with Crippen LogP contribution in [-0.2, 0) is 10.0 Å². The van der Waals surface area contributed by atoms with E-state index in [2.05, 4.69) is 0 Å². The van der Waals surface area contributed by atoms with Crippen molar-refractivity contribution >= 4 is 27.3 Å². The lowest BCUT2D eigenvalue weighted by molar-refractivity contribution is -0.384. The van der Waals surface area contributed by atoms with E-state index in [9.17, 15) is 18.5 Å². The van der Waals surface area contributed by atoms with Crippen molar-refractivity contribution in [3.63, 3.8) is 0 Å². The fourth-order valence-electron chi connectivity index (χ4n) is 1.91. The number of aliphatic hydroxyl groups excluding tert-OH is 1. The summed E-state index contributed by atoms with van der Waals surface area (Å²) in [4.78, 5) is 10.0. The van der Waals surface area contributed by atoms with Crippen LogP contribution in [-0.4, -0.2) is 42.4 Å². The summed E-state index contributed by atoms with van der Waals surface area (Å²) in [6, 6.07) is 2.22. The highest BCUT2D eigenvalue weighted by Crippen LogP contribution is 2.31. The molecule has 0 spiro atoms. The monoisotopic (exact) mass is 336 g/mol. The average molecular weight is 337 g/mol. The quantitative estimate of drug-likeness (QED) is 0.605. The molecule has 0 fully saturated rings. The van der Waals surface area contributed by atoms with Crippen molar-refractivity contribution in [3.05, 3.63) is 32.8 Å². The second-order valence-corrected chi connectivity index (χ2v) is 6.77. The topological polar surface area (TPSA) is 101 Å². The van der Waals surface area contributed by atoms with Crippen LogP contribution < -0.4 is 0 Å². The smallest absolute Gasteiger partial charge is 0.289 e. The SMILES string of the molecule is CCCN(CCO)S(=O)(=O)c1cc([N+](=O)[O-])c(Cl)cc1C. The van der Waals surface area contributed by atoms with Gasteiger partial charge in [0.05, 0.1) is 16.4 Å². The standard InChI is InChI=1S/C12H17ClN2O5S/c1-3-4-14(5-6-16)21(19,20)12-8-11(15(17)18)10(13)7-9(12)2/h7-8,16H,3-6H2,1-2H3. The first kappa shape index (κ1) is 17.8. The molecule has 1 aromatic rings. The maximum atomic E-state index is 12.6. The van der Waals surface area contributed by atoms with Crippen molar-refractivity contribution in [2.45, 2.75) is 25.2 Å². The molecule has 0 heterocycles. The third-order valence-corrected chi connectivity index (χ3v) is 5.22. The molecule has 9 heteroatoms. The lowest BCUT2D eigenvalue weighted by Gasteiger charge is -2.21. The van der Waals surface area contributed by atoms with Gasteiger partial charge in [-0.05, 0) is 25.0 Å². The van der Waals surface area contributed by atoms with Crippen LogP contribution in [0.3, 0.4) is 0 Å². The van der Waals surface area contributed by atoms with Crippen LogP contribution in [0.1, 0.15) is 18.9 Å². The number of hydrogen-bond donors (Lipinski definition) is 1. The zero-order valence-corrected chi connectivity index (χ0v) is 13.3. The third-order valence-electron chi connectivity index (χ3n) is 2.88. The van der Waals surface area contributed by atoms with Gasteiger partial charge in [0, 0.05) is 19.2 Å². The summed E-state index contributed by atoms with van der Waals surface area (Å²) in [5, 5.41) is 19.8. The Kier molecular flexibility index (Phi) is 6.09. The molecule has 0 amide bonds. The summed E-state index contributed by atoms with van der Waals surface area (Å²) in [7, 11) is -3.92. The molecule has 1 N–H and O–H groups in total. The van der Waals surface area contributed by atoms with Gasteiger partial charge in [0.2, 0.25) is 10.0 Å². The first-order valence-electron chi connectivity index (χ1n) is 6.31. The summed E-state index contributed by atoms with van der Waals surface area (Å²) in [5.41, 5.74) is -0.133. The second kappa shape index (κ2) is 7.17. The maximum absolute atomic E-state index is 12.6. The van der Waals surface area contributed by atoms with E-state index in [1.807, 2.05) is 0 Å². The van der Waals surface area contributed by atoms with Gasteiger partial charge in [-0.15, -0.1) is 0 Å². The summed E-state index contributed by atoms with van der Waals surface area (Å²) >= 11 is 5.76. The first-order chi connectivity index (χ1) is 9.75. The number of rotatable bonds is 7. The van der Waals surface area contributed by atoms with Gasteiger partial charge in [-0.25, -0.2) is 8.42 Å². The van der Waals surface area contributed by atoms with Crippen molar-refractivity contribution in [2.24, 2.45) is 0 Å². The number of nitro groups is 1. The van der Waals surface area contributed by atoms with Crippen LogP contribution in [0, 0.1) is 17.0 Å². The molecule has 0 radical (unpaired) electrons. The number of nitro benzene ring substituents is 1. The van der Waals surface area contributed by atoms with Crippen LogP contribution in [0.2, 0.25) is 5.02 Å². The van der Waals surface area contributed by atoms with Crippen LogP contribution >= 0.6 is 11.6 Å².